The monoisotopic (exact) mass is 324 g/mol. The maximum Gasteiger partial charge on any atom is 0.123 e. The second kappa shape index (κ2) is 9.36. The second-order valence-corrected chi connectivity index (χ2v) is 5.13. The van der Waals surface area contributed by atoms with Gasteiger partial charge >= 0.3 is 0 Å². The van der Waals surface area contributed by atoms with Crippen molar-refractivity contribution in [2.24, 2.45) is 5.73 Å². The average Bonchev–Trinajstić information content (AvgIpc) is 2.56. The number of nitrogens with two attached hydrogens (primary N) is 1. The Morgan fingerprint density at radius 3 is 2.46 bits per heavy atom. The van der Waals surface area contributed by atoms with Crippen molar-refractivity contribution in [3.63, 3.8) is 0 Å². The fraction of sp³-hybridized carbons (Fsp3) is 0.143. The van der Waals surface area contributed by atoms with E-state index in [-0.39, 0.29) is 5.82 Å². The van der Waals surface area contributed by atoms with Crippen LogP contribution in [0.5, 0.6) is 0 Å². The molecule has 0 aliphatic rings. The minimum atomic E-state index is -0.284. The van der Waals surface area contributed by atoms with Crippen LogP contribution in [0.1, 0.15) is 19.4 Å². The molecule has 126 valence electrons. The van der Waals surface area contributed by atoms with Crippen LogP contribution in [0.2, 0.25) is 0 Å². The normalized spacial score (nSPS) is 13.7. The van der Waals surface area contributed by atoms with Crippen LogP contribution < -0.4 is 5.73 Å². The molecule has 24 heavy (non-hydrogen) atoms. The highest BCUT2D eigenvalue weighted by molar-refractivity contribution is 5.85. The van der Waals surface area contributed by atoms with Crippen molar-refractivity contribution in [2.45, 2.75) is 13.8 Å². The van der Waals surface area contributed by atoms with E-state index >= 15 is 0 Å². The van der Waals surface area contributed by atoms with Crippen molar-refractivity contribution >= 4 is 5.57 Å². The number of nitrogens with zero attached hydrogens (tertiary/aromatic N) is 1. The standard InChI is InChI=1S/C21H25FN2/c1-6-11-20(19(9-4)21(23)24(5)14-7-2)18(8-3)16-12-10-13-17(22)15-16/h6-15H,1,4,23H2,2-3,5H3/b14-7-,18-8-,20-11+,21-19+. The Balaban J connectivity index is 3.55. The first-order valence-electron chi connectivity index (χ1n) is 7.73. The Morgan fingerprint density at radius 2 is 1.96 bits per heavy atom. The van der Waals surface area contributed by atoms with Crippen LogP contribution in [0, 0.1) is 5.82 Å². The fourth-order valence-corrected chi connectivity index (χ4v) is 2.42. The van der Waals surface area contributed by atoms with Crippen LogP contribution in [-0.2, 0) is 0 Å². The lowest BCUT2D eigenvalue weighted by atomic mass is 9.91. The lowest BCUT2D eigenvalue weighted by Gasteiger charge is -2.21. The zero-order valence-electron chi connectivity index (χ0n) is 14.6. The SMILES string of the molecule is C=C/C=C(C(=C/C)\c1cccc(F)c1)/C(C=C)=C(\N)N(C)/C=C\C. The highest BCUT2D eigenvalue weighted by Gasteiger charge is 2.14. The maximum atomic E-state index is 13.6. The topological polar surface area (TPSA) is 29.3 Å². The molecule has 0 radical (unpaired) electrons. The lowest BCUT2D eigenvalue weighted by Crippen LogP contribution is -2.20. The molecule has 1 aromatic rings. The molecule has 2 N–H and O–H groups in total. The van der Waals surface area contributed by atoms with Gasteiger partial charge in [-0.1, -0.05) is 55.7 Å². The van der Waals surface area contributed by atoms with Gasteiger partial charge in [0, 0.05) is 18.8 Å². The number of hydrogen-bond acceptors (Lipinski definition) is 2. The van der Waals surface area contributed by atoms with Crippen LogP contribution in [0.3, 0.4) is 0 Å². The summed E-state index contributed by atoms with van der Waals surface area (Å²) >= 11 is 0. The number of halogens is 1. The molecule has 0 amide bonds. The summed E-state index contributed by atoms with van der Waals surface area (Å²) in [7, 11) is 1.86. The molecule has 0 spiro atoms. The first-order chi connectivity index (χ1) is 11.5. The van der Waals surface area contributed by atoms with E-state index in [1.165, 1.54) is 12.1 Å². The quantitative estimate of drug-likeness (QED) is 0.702. The van der Waals surface area contributed by atoms with E-state index in [0.29, 0.717) is 5.82 Å². The summed E-state index contributed by atoms with van der Waals surface area (Å²) in [6, 6.07) is 6.47. The van der Waals surface area contributed by atoms with Gasteiger partial charge in [-0.05, 0) is 42.7 Å². The Bertz CT molecular complexity index is 721. The zero-order valence-corrected chi connectivity index (χ0v) is 14.6. The van der Waals surface area contributed by atoms with Crippen LogP contribution in [-0.4, -0.2) is 11.9 Å². The molecule has 0 saturated carbocycles. The minimum absolute atomic E-state index is 0.284. The van der Waals surface area contributed by atoms with Gasteiger partial charge in [0.05, 0.1) is 0 Å². The molecule has 0 bridgehead atoms. The van der Waals surface area contributed by atoms with Crippen molar-refractivity contribution in [2.75, 3.05) is 7.05 Å². The summed E-state index contributed by atoms with van der Waals surface area (Å²) in [5.41, 5.74) is 9.52. The van der Waals surface area contributed by atoms with Crippen molar-refractivity contribution in [1.82, 2.24) is 4.90 Å². The van der Waals surface area contributed by atoms with Gasteiger partial charge in [0.2, 0.25) is 0 Å². The lowest BCUT2D eigenvalue weighted by molar-refractivity contribution is 0.556. The van der Waals surface area contributed by atoms with E-state index in [0.717, 1.165) is 22.3 Å². The molecule has 0 heterocycles. The minimum Gasteiger partial charge on any atom is -0.385 e. The third-order valence-corrected chi connectivity index (χ3v) is 3.52. The molecule has 0 aromatic heterocycles. The van der Waals surface area contributed by atoms with E-state index in [1.807, 2.05) is 56.3 Å². The van der Waals surface area contributed by atoms with Crippen molar-refractivity contribution in [1.29, 1.82) is 0 Å². The predicted octanol–water partition coefficient (Wildman–Crippen LogP) is 5.16. The largest absolute Gasteiger partial charge is 0.385 e. The van der Waals surface area contributed by atoms with Crippen LogP contribution in [0.15, 0.2) is 91.0 Å². The van der Waals surface area contributed by atoms with Crippen LogP contribution in [0.4, 0.5) is 4.39 Å². The van der Waals surface area contributed by atoms with E-state index in [2.05, 4.69) is 13.2 Å². The first kappa shape index (κ1) is 19.2. The number of allylic oxidation sites excluding steroid dienone is 8. The molecule has 0 atom stereocenters. The molecule has 0 fully saturated rings. The third kappa shape index (κ3) is 4.59. The van der Waals surface area contributed by atoms with E-state index in [9.17, 15) is 4.39 Å². The van der Waals surface area contributed by atoms with Crippen LogP contribution in [0.25, 0.3) is 5.57 Å². The fourth-order valence-electron chi connectivity index (χ4n) is 2.42. The molecule has 0 aliphatic carbocycles. The van der Waals surface area contributed by atoms with Crippen molar-refractivity contribution < 1.29 is 4.39 Å². The Hall–Kier alpha value is -2.81. The highest BCUT2D eigenvalue weighted by Crippen LogP contribution is 2.31. The van der Waals surface area contributed by atoms with Gasteiger partial charge < -0.3 is 10.6 Å². The summed E-state index contributed by atoms with van der Waals surface area (Å²) in [4.78, 5) is 1.81. The summed E-state index contributed by atoms with van der Waals surface area (Å²) in [5, 5.41) is 0. The molecular formula is C21H25FN2. The zero-order chi connectivity index (χ0) is 18.1. The number of benzene rings is 1. The number of rotatable bonds is 7. The van der Waals surface area contributed by atoms with Crippen LogP contribution >= 0.6 is 0 Å². The summed E-state index contributed by atoms with van der Waals surface area (Å²) < 4.78 is 13.6. The molecule has 0 unspecified atom stereocenters. The van der Waals surface area contributed by atoms with Gasteiger partial charge in [-0.25, -0.2) is 4.39 Å². The molecule has 3 heteroatoms. The Morgan fingerprint density at radius 1 is 1.25 bits per heavy atom. The highest BCUT2D eigenvalue weighted by atomic mass is 19.1. The maximum absolute atomic E-state index is 13.6. The summed E-state index contributed by atoms with van der Waals surface area (Å²) in [6.07, 6.45) is 10.9. The van der Waals surface area contributed by atoms with Crippen molar-refractivity contribution in [3.05, 3.63) is 102 Å². The molecular weight excluding hydrogens is 299 g/mol. The summed E-state index contributed by atoms with van der Waals surface area (Å²) in [5.74, 6) is 0.264. The van der Waals surface area contributed by atoms with Gasteiger partial charge in [0.15, 0.2) is 0 Å². The van der Waals surface area contributed by atoms with Gasteiger partial charge in [-0.2, -0.15) is 0 Å². The van der Waals surface area contributed by atoms with Gasteiger partial charge in [0.25, 0.3) is 0 Å². The van der Waals surface area contributed by atoms with E-state index < -0.39 is 0 Å². The summed E-state index contributed by atoms with van der Waals surface area (Å²) in [6.45, 7) is 11.5. The van der Waals surface area contributed by atoms with Gasteiger partial charge in [0.1, 0.15) is 11.6 Å². The number of hydrogen-bond donors (Lipinski definition) is 1. The Kier molecular flexibility index (Phi) is 7.50. The molecule has 0 saturated heterocycles. The predicted molar refractivity (Wildman–Crippen MR) is 102 cm³/mol. The van der Waals surface area contributed by atoms with Gasteiger partial charge in [-0.15, -0.1) is 0 Å². The first-order valence-corrected chi connectivity index (χ1v) is 7.73. The molecule has 1 rings (SSSR count). The smallest absolute Gasteiger partial charge is 0.123 e. The molecule has 2 nitrogen and oxygen atoms in total. The van der Waals surface area contributed by atoms with Crippen molar-refractivity contribution in [3.8, 4) is 0 Å². The second-order valence-electron chi connectivity index (χ2n) is 5.13. The Labute approximate surface area is 144 Å². The molecule has 1 aromatic carbocycles. The molecule has 0 aliphatic heterocycles. The van der Waals surface area contributed by atoms with E-state index in [4.69, 9.17) is 5.73 Å². The third-order valence-electron chi connectivity index (χ3n) is 3.52. The average molecular weight is 324 g/mol. The van der Waals surface area contributed by atoms with Gasteiger partial charge in [-0.3, -0.25) is 0 Å². The van der Waals surface area contributed by atoms with E-state index in [1.54, 1.807) is 18.2 Å².